The molecule has 3 rings (SSSR count). The summed E-state index contributed by atoms with van der Waals surface area (Å²) in [5.41, 5.74) is 2.68. The number of likely N-dealkylation sites (tertiary alicyclic amines) is 1. The average Bonchev–Trinajstić information content (AvgIpc) is 2.81. The Morgan fingerprint density at radius 3 is 2.37 bits per heavy atom. The van der Waals surface area contributed by atoms with Gasteiger partial charge in [0, 0.05) is 50.9 Å². The minimum absolute atomic E-state index is 0.130. The Bertz CT molecular complexity index is 763. The topological polar surface area (TPSA) is 52.6 Å². The van der Waals surface area contributed by atoms with E-state index in [1.807, 2.05) is 19.3 Å². The first-order chi connectivity index (χ1) is 14.7. The van der Waals surface area contributed by atoms with Gasteiger partial charge in [-0.25, -0.2) is 0 Å². The number of guanidine groups is 1. The molecular formula is C25H37N5. The fraction of sp³-hybridized carbons (Fsp3) is 0.520. The second-order valence-corrected chi connectivity index (χ2v) is 8.30. The van der Waals surface area contributed by atoms with E-state index >= 15 is 0 Å². The molecule has 2 aromatic rings. The van der Waals surface area contributed by atoms with E-state index in [4.69, 9.17) is 0 Å². The molecule has 1 aromatic heterocycles. The minimum atomic E-state index is 0.130. The number of aliphatic imine (C=N–C) groups is 1. The van der Waals surface area contributed by atoms with Crippen LogP contribution in [-0.2, 0) is 12.0 Å². The highest BCUT2D eigenvalue weighted by molar-refractivity contribution is 5.80. The predicted octanol–water partition coefficient (Wildman–Crippen LogP) is 3.97. The number of nitrogens with one attached hydrogen (secondary N) is 2. The summed E-state index contributed by atoms with van der Waals surface area (Å²) in [4.78, 5) is 11.5. The van der Waals surface area contributed by atoms with Crippen LogP contribution in [0, 0.1) is 0 Å². The van der Waals surface area contributed by atoms with Crippen LogP contribution in [0.15, 0.2) is 59.7 Å². The van der Waals surface area contributed by atoms with Crippen LogP contribution in [0.2, 0.25) is 0 Å². The lowest BCUT2D eigenvalue weighted by atomic mass is 9.76. The lowest BCUT2D eigenvalue weighted by molar-refractivity contribution is 0.196. The maximum atomic E-state index is 4.51. The van der Waals surface area contributed by atoms with Gasteiger partial charge in [0.15, 0.2) is 5.96 Å². The van der Waals surface area contributed by atoms with Gasteiger partial charge in [0.1, 0.15) is 0 Å². The Morgan fingerprint density at radius 2 is 1.77 bits per heavy atom. The highest BCUT2D eigenvalue weighted by Crippen LogP contribution is 2.30. The quantitative estimate of drug-likeness (QED) is 0.514. The fourth-order valence-corrected chi connectivity index (χ4v) is 4.40. The van der Waals surface area contributed by atoms with Gasteiger partial charge in [-0.3, -0.25) is 14.9 Å². The highest BCUT2D eigenvalue weighted by Gasteiger charge is 2.29. The van der Waals surface area contributed by atoms with E-state index in [1.54, 1.807) is 0 Å². The SMILES string of the molecule is CCC(CC)(CNC(=NC)NC1CCN(Cc2ccccn2)CC1)c1ccccc1. The molecule has 162 valence electrons. The fourth-order valence-electron chi connectivity index (χ4n) is 4.40. The lowest BCUT2D eigenvalue weighted by Crippen LogP contribution is -2.51. The van der Waals surface area contributed by atoms with Crippen LogP contribution in [0.3, 0.4) is 0 Å². The second kappa shape index (κ2) is 11.1. The molecule has 1 saturated heterocycles. The van der Waals surface area contributed by atoms with Gasteiger partial charge in [0.2, 0.25) is 0 Å². The third-order valence-electron chi connectivity index (χ3n) is 6.60. The average molecular weight is 408 g/mol. The summed E-state index contributed by atoms with van der Waals surface area (Å²) < 4.78 is 0. The summed E-state index contributed by atoms with van der Waals surface area (Å²) in [5, 5.41) is 7.28. The number of hydrogen-bond donors (Lipinski definition) is 2. The Kier molecular flexibility index (Phi) is 8.26. The lowest BCUT2D eigenvalue weighted by Gasteiger charge is -2.35. The molecule has 0 spiro atoms. The van der Waals surface area contributed by atoms with Crippen molar-refractivity contribution in [2.24, 2.45) is 4.99 Å². The Morgan fingerprint density at radius 1 is 1.07 bits per heavy atom. The standard InChI is InChI=1S/C25H37N5/c1-4-25(5-2,21-11-7-6-8-12-21)20-28-24(26-3)29-22-14-17-30(18-15-22)19-23-13-9-10-16-27-23/h6-13,16,22H,4-5,14-15,17-20H2,1-3H3,(H2,26,28,29). The number of rotatable bonds is 8. The maximum absolute atomic E-state index is 4.51. The van der Waals surface area contributed by atoms with Crippen LogP contribution in [0.1, 0.15) is 50.8 Å². The van der Waals surface area contributed by atoms with Crippen molar-refractivity contribution >= 4 is 5.96 Å². The molecule has 1 aliphatic heterocycles. The van der Waals surface area contributed by atoms with Crippen molar-refractivity contribution in [3.8, 4) is 0 Å². The summed E-state index contributed by atoms with van der Waals surface area (Å²) in [6, 6.07) is 17.5. The van der Waals surface area contributed by atoms with Crippen molar-refractivity contribution in [1.29, 1.82) is 0 Å². The number of pyridine rings is 1. The van der Waals surface area contributed by atoms with Gasteiger partial charge < -0.3 is 10.6 Å². The third kappa shape index (κ3) is 5.82. The Hall–Kier alpha value is -2.40. The number of nitrogens with zero attached hydrogens (tertiary/aromatic N) is 3. The first kappa shape index (κ1) is 22.3. The molecule has 1 fully saturated rings. The molecule has 0 unspecified atom stereocenters. The van der Waals surface area contributed by atoms with Gasteiger partial charge in [-0.2, -0.15) is 0 Å². The molecule has 2 heterocycles. The normalized spacial score (nSPS) is 16.4. The van der Waals surface area contributed by atoms with Crippen LogP contribution in [0.4, 0.5) is 0 Å². The van der Waals surface area contributed by atoms with Crippen molar-refractivity contribution < 1.29 is 0 Å². The van der Waals surface area contributed by atoms with E-state index in [2.05, 4.69) is 81.8 Å². The van der Waals surface area contributed by atoms with E-state index < -0.39 is 0 Å². The molecule has 0 atom stereocenters. The molecule has 0 saturated carbocycles. The third-order valence-corrected chi connectivity index (χ3v) is 6.60. The van der Waals surface area contributed by atoms with E-state index in [-0.39, 0.29) is 5.41 Å². The first-order valence-electron chi connectivity index (χ1n) is 11.3. The van der Waals surface area contributed by atoms with Gasteiger partial charge in [-0.05, 0) is 43.4 Å². The summed E-state index contributed by atoms with van der Waals surface area (Å²) in [7, 11) is 1.87. The zero-order valence-corrected chi connectivity index (χ0v) is 18.8. The van der Waals surface area contributed by atoms with Gasteiger partial charge in [0.25, 0.3) is 0 Å². The van der Waals surface area contributed by atoms with Crippen molar-refractivity contribution in [2.45, 2.75) is 57.5 Å². The maximum Gasteiger partial charge on any atom is 0.191 e. The van der Waals surface area contributed by atoms with E-state index in [0.29, 0.717) is 6.04 Å². The molecule has 30 heavy (non-hydrogen) atoms. The smallest absolute Gasteiger partial charge is 0.191 e. The molecule has 5 heteroatoms. The van der Waals surface area contributed by atoms with E-state index in [9.17, 15) is 0 Å². The Balaban J connectivity index is 1.50. The van der Waals surface area contributed by atoms with Crippen LogP contribution < -0.4 is 10.6 Å². The predicted molar refractivity (Wildman–Crippen MR) is 126 cm³/mol. The zero-order chi connectivity index (χ0) is 21.2. The molecule has 0 bridgehead atoms. The second-order valence-electron chi connectivity index (χ2n) is 8.30. The van der Waals surface area contributed by atoms with Crippen molar-refractivity contribution in [3.63, 3.8) is 0 Å². The van der Waals surface area contributed by atoms with E-state index in [0.717, 1.165) is 63.5 Å². The largest absolute Gasteiger partial charge is 0.356 e. The van der Waals surface area contributed by atoms with Crippen LogP contribution >= 0.6 is 0 Å². The van der Waals surface area contributed by atoms with Crippen molar-refractivity contribution in [2.75, 3.05) is 26.7 Å². The number of benzene rings is 1. The summed E-state index contributed by atoms with van der Waals surface area (Å²) in [6.45, 7) is 8.57. The molecular weight excluding hydrogens is 370 g/mol. The highest BCUT2D eigenvalue weighted by atomic mass is 15.2. The summed E-state index contributed by atoms with van der Waals surface area (Å²) in [5.74, 6) is 0.917. The monoisotopic (exact) mass is 407 g/mol. The van der Waals surface area contributed by atoms with Gasteiger partial charge >= 0.3 is 0 Å². The van der Waals surface area contributed by atoms with Crippen molar-refractivity contribution in [3.05, 3.63) is 66.0 Å². The molecule has 1 aromatic carbocycles. The molecule has 0 radical (unpaired) electrons. The minimum Gasteiger partial charge on any atom is -0.356 e. The number of piperidine rings is 1. The van der Waals surface area contributed by atoms with Crippen LogP contribution in [0.5, 0.6) is 0 Å². The zero-order valence-electron chi connectivity index (χ0n) is 18.8. The van der Waals surface area contributed by atoms with Crippen LogP contribution in [0.25, 0.3) is 0 Å². The van der Waals surface area contributed by atoms with E-state index in [1.165, 1.54) is 5.56 Å². The van der Waals surface area contributed by atoms with Crippen LogP contribution in [-0.4, -0.2) is 48.6 Å². The number of hydrogen-bond acceptors (Lipinski definition) is 3. The van der Waals surface area contributed by atoms with Gasteiger partial charge in [-0.15, -0.1) is 0 Å². The summed E-state index contributed by atoms with van der Waals surface area (Å²) in [6.07, 6.45) is 6.33. The molecule has 0 aliphatic carbocycles. The number of aromatic nitrogens is 1. The summed E-state index contributed by atoms with van der Waals surface area (Å²) >= 11 is 0. The first-order valence-corrected chi connectivity index (χ1v) is 11.3. The molecule has 0 amide bonds. The van der Waals surface area contributed by atoms with Gasteiger partial charge in [-0.1, -0.05) is 50.2 Å². The van der Waals surface area contributed by atoms with Gasteiger partial charge in [0.05, 0.1) is 5.69 Å². The Labute approximate surface area is 182 Å². The van der Waals surface area contributed by atoms with Crippen molar-refractivity contribution in [1.82, 2.24) is 20.5 Å². The molecule has 2 N–H and O–H groups in total. The molecule has 5 nitrogen and oxygen atoms in total. The molecule has 1 aliphatic rings.